The summed E-state index contributed by atoms with van der Waals surface area (Å²) in [5.41, 5.74) is 1.44. The number of nitrogens with one attached hydrogen (secondary N) is 2. The molecule has 6 nitrogen and oxygen atoms in total. The second-order valence-electron chi connectivity index (χ2n) is 4.16. The average molecular weight is 256 g/mol. The summed E-state index contributed by atoms with van der Waals surface area (Å²) >= 11 is 0. The van der Waals surface area contributed by atoms with Gasteiger partial charge in [0.05, 0.1) is 6.54 Å². The van der Waals surface area contributed by atoms with Gasteiger partial charge in [0, 0.05) is 17.6 Å². The van der Waals surface area contributed by atoms with E-state index in [0.29, 0.717) is 24.5 Å². The molecule has 0 radical (unpaired) electrons. The van der Waals surface area contributed by atoms with Crippen LogP contribution in [0.5, 0.6) is 0 Å². The van der Waals surface area contributed by atoms with Gasteiger partial charge in [0.25, 0.3) is 5.56 Å². The second-order valence-corrected chi connectivity index (χ2v) is 4.16. The molecule has 96 valence electrons. The Balaban J connectivity index is 1.77. The lowest BCUT2D eigenvalue weighted by atomic mass is 10.1. The Bertz CT molecular complexity index is 734. The predicted octanol–water partition coefficient (Wildman–Crippen LogP) is 1.20. The maximum atomic E-state index is 11.9. The largest absolute Gasteiger partial charge is 0.343 e. The van der Waals surface area contributed by atoms with Gasteiger partial charge in [0.15, 0.2) is 5.82 Å². The number of H-pyrrole nitrogens is 1. The number of rotatable bonds is 4. The van der Waals surface area contributed by atoms with Crippen molar-refractivity contribution in [1.82, 2.24) is 20.4 Å². The van der Waals surface area contributed by atoms with Crippen molar-refractivity contribution in [3.05, 3.63) is 58.5 Å². The molecule has 0 atom stereocenters. The molecule has 2 aromatic heterocycles. The van der Waals surface area contributed by atoms with Crippen molar-refractivity contribution in [2.24, 2.45) is 0 Å². The van der Waals surface area contributed by atoms with Gasteiger partial charge < -0.3 is 14.8 Å². The van der Waals surface area contributed by atoms with Crippen molar-refractivity contribution in [3.63, 3.8) is 0 Å². The van der Waals surface area contributed by atoms with E-state index in [2.05, 4.69) is 25.0 Å². The van der Waals surface area contributed by atoms with E-state index in [1.807, 2.05) is 30.3 Å². The second kappa shape index (κ2) is 5.03. The fraction of sp³-hybridized carbons (Fsp3) is 0.154. The smallest absolute Gasteiger partial charge is 0.252 e. The molecule has 6 heteroatoms. The molecule has 3 aromatic rings. The van der Waals surface area contributed by atoms with E-state index in [1.54, 1.807) is 0 Å². The Morgan fingerprint density at radius 2 is 2.16 bits per heavy atom. The Kier molecular flexibility index (Phi) is 3.07. The SMILES string of the molecule is O=c1[nH]c2ccccc2cc1CNCc1ncon1. The number of nitrogens with zero attached hydrogens (tertiary/aromatic N) is 2. The molecule has 0 aliphatic rings. The van der Waals surface area contributed by atoms with Gasteiger partial charge in [-0.25, -0.2) is 0 Å². The summed E-state index contributed by atoms with van der Waals surface area (Å²) in [7, 11) is 0. The zero-order valence-corrected chi connectivity index (χ0v) is 10.1. The Labute approximate surface area is 108 Å². The van der Waals surface area contributed by atoms with Crippen molar-refractivity contribution in [1.29, 1.82) is 0 Å². The van der Waals surface area contributed by atoms with Gasteiger partial charge in [0.1, 0.15) is 0 Å². The van der Waals surface area contributed by atoms with E-state index in [4.69, 9.17) is 0 Å². The van der Waals surface area contributed by atoms with Crippen LogP contribution in [0.15, 0.2) is 46.0 Å². The lowest BCUT2D eigenvalue weighted by molar-refractivity contribution is 0.407. The monoisotopic (exact) mass is 256 g/mol. The fourth-order valence-corrected chi connectivity index (χ4v) is 1.90. The van der Waals surface area contributed by atoms with E-state index in [0.717, 1.165) is 10.9 Å². The van der Waals surface area contributed by atoms with Crippen molar-refractivity contribution >= 4 is 10.9 Å². The maximum Gasteiger partial charge on any atom is 0.252 e. The first-order valence-corrected chi connectivity index (χ1v) is 5.90. The fourth-order valence-electron chi connectivity index (χ4n) is 1.90. The van der Waals surface area contributed by atoms with Gasteiger partial charge in [-0.1, -0.05) is 23.4 Å². The summed E-state index contributed by atoms with van der Waals surface area (Å²) in [4.78, 5) is 18.6. The molecule has 19 heavy (non-hydrogen) atoms. The first kappa shape index (κ1) is 11.6. The molecule has 3 rings (SSSR count). The highest BCUT2D eigenvalue weighted by Crippen LogP contribution is 2.09. The van der Waals surface area contributed by atoms with E-state index in [-0.39, 0.29) is 5.56 Å². The summed E-state index contributed by atoms with van der Waals surface area (Å²) in [5, 5.41) is 7.80. The average Bonchev–Trinajstić information content (AvgIpc) is 2.92. The third-order valence-electron chi connectivity index (χ3n) is 2.84. The van der Waals surface area contributed by atoms with E-state index in [9.17, 15) is 4.79 Å². The van der Waals surface area contributed by atoms with Crippen LogP contribution in [0.25, 0.3) is 10.9 Å². The minimum absolute atomic E-state index is 0.0840. The molecule has 2 N–H and O–H groups in total. The minimum Gasteiger partial charge on any atom is -0.343 e. The number of fused-ring (bicyclic) bond motifs is 1. The highest BCUT2D eigenvalue weighted by molar-refractivity contribution is 5.78. The lowest BCUT2D eigenvalue weighted by Gasteiger charge is -2.03. The molecule has 1 aromatic carbocycles. The molecule has 0 saturated carbocycles. The summed E-state index contributed by atoms with van der Waals surface area (Å²) in [6, 6.07) is 9.57. The van der Waals surface area contributed by atoms with E-state index in [1.165, 1.54) is 6.39 Å². The summed E-state index contributed by atoms with van der Waals surface area (Å²) < 4.78 is 4.63. The van der Waals surface area contributed by atoms with Gasteiger partial charge >= 0.3 is 0 Å². The normalized spacial score (nSPS) is 10.9. The highest BCUT2D eigenvalue weighted by atomic mass is 16.5. The molecule has 0 unspecified atom stereocenters. The van der Waals surface area contributed by atoms with Crippen LogP contribution >= 0.6 is 0 Å². The topological polar surface area (TPSA) is 83.8 Å². The molecule has 0 fully saturated rings. The third kappa shape index (κ3) is 2.53. The van der Waals surface area contributed by atoms with Gasteiger partial charge in [-0.15, -0.1) is 0 Å². The molecule has 0 spiro atoms. The third-order valence-corrected chi connectivity index (χ3v) is 2.84. The van der Waals surface area contributed by atoms with Crippen LogP contribution in [0, 0.1) is 0 Å². The first-order valence-electron chi connectivity index (χ1n) is 5.90. The number of aromatic amines is 1. The van der Waals surface area contributed by atoms with Gasteiger partial charge in [-0.3, -0.25) is 4.79 Å². The highest BCUT2D eigenvalue weighted by Gasteiger charge is 2.03. The summed E-state index contributed by atoms with van der Waals surface area (Å²) in [6.45, 7) is 0.914. The quantitative estimate of drug-likeness (QED) is 0.732. The predicted molar refractivity (Wildman–Crippen MR) is 69.4 cm³/mol. The van der Waals surface area contributed by atoms with Crippen LogP contribution in [0.4, 0.5) is 0 Å². The van der Waals surface area contributed by atoms with Gasteiger partial charge in [0.2, 0.25) is 6.39 Å². The van der Waals surface area contributed by atoms with Crippen molar-refractivity contribution < 1.29 is 4.52 Å². The number of aromatic nitrogens is 3. The van der Waals surface area contributed by atoms with Crippen molar-refractivity contribution in [3.8, 4) is 0 Å². The Morgan fingerprint density at radius 1 is 1.26 bits per heavy atom. The Morgan fingerprint density at radius 3 is 3.00 bits per heavy atom. The number of hydrogen-bond donors (Lipinski definition) is 2. The Hall–Kier alpha value is -2.47. The van der Waals surface area contributed by atoms with Crippen LogP contribution in [0.2, 0.25) is 0 Å². The summed E-state index contributed by atoms with van der Waals surface area (Å²) in [6.07, 6.45) is 1.28. The van der Waals surface area contributed by atoms with Gasteiger partial charge in [-0.2, -0.15) is 4.98 Å². The lowest BCUT2D eigenvalue weighted by Crippen LogP contribution is -2.21. The molecule has 0 amide bonds. The molecule has 0 saturated heterocycles. The van der Waals surface area contributed by atoms with Crippen LogP contribution in [-0.2, 0) is 13.1 Å². The van der Waals surface area contributed by atoms with Crippen LogP contribution in [-0.4, -0.2) is 15.1 Å². The molecular weight excluding hydrogens is 244 g/mol. The zero-order valence-electron chi connectivity index (χ0n) is 10.1. The minimum atomic E-state index is -0.0840. The maximum absolute atomic E-state index is 11.9. The molecular formula is C13H12N4O2. The number of benzene rings is 1. The summed E-state index contributed by atoms with van der Waals surface area (Å²) in [5.74, 6) is 0.567. The number of hydrogen-bond acceptors (Lipinski definition) is 5. The molecule has 2 heterocycles. The number of pyridine rings is 1. The molecule has 0 aliphatic carbocycles. The van der Waals surface area contributed by atoms with E-state index < -0.39 is 0 Å². The zero-order chi connectivity index (χ0) is 13.1. The van der Waals surface area contributed by atoms with Crippen molar-refractivity contribution in [2.45, 2.75) is 13.1 Å². The first-order chi connectivity index (χ1) is 9.33. The molecule has 0 aliphatic heterocycles. The standard InChI is InChI=1S/C13H12N4O2/c18-13-10(6-14-7-12-15-8-19-17-12)5-9-3-1-2-4-11(9)16-13/h1-5,8,14H,6-7H2,(H,16,18). The number of para-hydroxylation sites is 1. The molecule has 0 bridgehead atoms. The van der Waals surface area contributed by atoms with Crippen molar-refractivity contribution in [2.75, 3.05) is 0 Å². The van der Waals surface area contributed by atoms with Crippen LogP contribution in [0.1, 0.15) is 11.4 Å². The van der Waals surface area contributed by atoms with Crippen LogP contribution in [0.3, 0.4) is 0 Å². The van der Waals surface area contributed by atoms with Crippen LogP contribution < -0.4 is 10.9 Å². The van der Waals surface area contributed by atoms with E-state index >= 15 is 0 Å². The van der Waals surface area contributed by atoms with Gasteiger partial charge in [-0.05, 0) is 17.5 Å².